The molecule has 1 fully saturated rings. The van der Waals surface area contributed by atoms with E-state index in [1.165, 1.54) is 26.2 Å². The molecule has 1 saturated carbocycles. The van der Waals surface area contributed by atoms with Crippen LogP contribution in [-0.2, 0) is 14.3 Å². The second-order valence-electron chi connectivity index (χ2n) is 4.94. The van der Waals surface area contributed by atoms with Crippen LogP contribution in [0.3, 0.4) is 0 Å². The summed E-state index contributed by atoms with van der Waals surface area (Å²) in [6, 6.07) is 0. The molecule has 0 saturated heterocycles. The molecule has 3 heteroatoms. The monoisotopic (exact) mass is 212 g/mol. The Bertz CT molecular complexity index is 250. The third-order valence-electron chi connectivity index (χ3n) is 3.39. The third-order valence-corrected chi connectivity index (χ3v) is 3.39. The van der Waals surface area contributed by atoms with E-state index in [0.29, 0.717) is 5.92 Å². The van der Waals surface area contributed by atoms with E-state index in [-0.39, 0.29) is 5.97 Å². The van der Waals surface area contributed by atoms with Crippen LogP contribution in [0.4, 0.5) is 0 Å². The molecule has 0 unspecified atom stereocenters. The molecule has 0 aromatic rings. The van der Waals surface area contributed by atoms with Gasteiger partial charge in [0.05, 0.1) is 5.41 Å². The summed E-state index contributed by atoms with van der Waals surface area (Å²) < 4.78 is 4.69. The van der Waals surface area contributed by atoms with Crippen molar-refractivity contribution in [1.82, 2.24) is 0 Å². The summed E-state index contributed by atoms with van der Waals surface area (Å²) in [4.78, 5) is 22.5. The predicted molar refractivity (Wildman–Crippen MR) is 57.1 cm³/mol. The second-order valence-corrected chi connectivity index (χ2v) is 4.94. The zero-order valence-corrected chi connectivity index (χ0v) is 9.84. The molecule has 0 atom stereocenters. The highest BCUT2D eigenvalue weighted by Gasteiger charge is 2.39. The fraction of sp³-hybridized carbons (Fsp3) is 0.833. The van der Waals surface area contributed by atoms with E-state index >= 15 is 0 Å². The lowest BCUT2D eigenvalue weighted by molar-refractivity contribution is -0.167. The van der Waals surface area contributed by atoms with Crippen molar-refractivity contribution in [3.8, 4) is 0 Å². The first-order valence-corrected chi connectivity index (χ1v) is 5.67. The maximum atomic E-state index is 11.7. The number of ether oxygens (including phenoxy) is 1. The first-order valence-electron chi connectivity index (χ1n) is 5.67. The molecule has 0 bridgehead atoms. The van der Waals surface area contributed by atoms with Crippen molar-refractivity contribution in [2.24, 2.45) is 11.3 Å². The lowest BCUT2D eigenvalue weighted by atomic mass is 9.71. The zero-order valence-electron chi connectivity index (χ0n) is 9.84. The molecule has 0 radical (unpaired) electrons. The minimum absolute atomic E-state index is 0.359. The fourth-order valence-electron chi connectivity index (χ4n) is 2.25. The van der Waals surface area contributed by atoms with Crippen LogP contribution in [0.25, 0.3) is 0 Å². The average Bonchev–Trinajstić information content (AvgIpc) is 2.18. The number of hydrogen-bond acceptors (Lipinski definition) is 3. The molecule has 0 N–H and O–H groups in total. The van der Waals surface area contributed by atoms with Crippen molar-refractivity contribution in [3.05, 3.63) is 0 Å². The Kier molecular flexibility index (Phi) is 3.89. The molecule has 15 heavy (non-hydrogen) atoms. The van der Waals surface area contributed by atoms with E-state index in [2.05, 4.69) is 0 Å². The van der Waals surface area contributed by atoms with Crippen LogP contribution in [0.5, 0.6) is 0 Å². The Labute approximate surface area is 91.2 Å². The van der Waals surface area contributed by atoms with Crippen molar-refractivity contribution in [1.29, 1.82) is 0 Å². The van der Waals surface area contributed by atoms with Crippen LogP contribution in [0, 0.1) is 11.3 Å². The van der Waals surface area contributed by atoms with Crippen molar-refractivity contribution in [2.45, 2.75) is 52.9 Å². The summed E-state index contributed by atoms with van der Waals surface area (Å²) in [7, 11) is 0. The summed E-state index contributed by atoms with van der Waals surface area (Å²) in [5.74, 6) is -0.524. The Hall–Kier alpha value is -0.860. The van der Waals surface area contributed by atoms with Gasteiger partial charge in [-0.3, -0.25) is 9.59 Å². The normalized spacial score (nSPS) is 18.6. The summed E-state index contributed by atoms with van der Waals surface area (Å²) >= 11 is 0. The van der Waals surface area contributed by atoms with E-state index in [4.69, 9.17) is 4.74 Å². The maximum absolute atomic E-state index is 11.7. The van der Waals surface area contributed by atoms with Gasteiger partial charge in [-0.25, -0.2) is 0 Å². The van der Waals surface area contributed by atoms with Crippen molar-refractivity contribution in [3.63, 3.8) is 0 Å². The topological polar surface area (TPSA) is 43.4 Å². The van der Waals surface area contributed by atoms with Crippen LogP contribution in [-0.4, -0.2) is 11.9 Å². The minimum atomic E-state index is -0.522. The van der Waals surface area contributed by atoms with Gasteiger partial charge in [-0.15, -0.1) is 0 Å². The standard InChI is InChI=1S/C12H20O3/c1-9(13)15-11(14)12(2,3)10-7-5-4-6-8-10/h10H,4-8H2,1-3H3. The first-order chi connectivity index (χ1) is 6.94. The summed E-state index contributed by atoms with van der Waals surface area (Å²) in [6.07, 6.45) is 5.76. The highest BCUT2D eigenvalue weighted by molar-refractivity contribution is 5.87. The lowest BCUT2D eigenvalue weighted by Crippen LogP contribution is -2.36. The van der Waals surface area contributed by atoms with Crippen LogP contribution in [0.1, 0.15) is 52.9 Å². The Morgan fingerprint density at radius 3 is 2.13 bits per heavy atom. The van der Waals surface area contributed by atoms with Gasteiger partial charge in [0.15, 0.2) is 0 Å². The van der Waals surface area contributed by atoms with Gasteiger partial charge < -0.3 is 4.74 Å². The molecule has 0 spiro atoms. The smallest absolute Gasteiger partial charge is 0.319 e. The largest absolute Gasteiger partial charge is 0.393 e. The zero-order chi connectivity index (χ0) is 11.5. The van der Waals surface area contributed by atoms with Crippen LogP contribution < -0.4 is 0 Å². The highest BCUT2D eigenvalue weighted by atomic mass is 16.6. The number of esters is 2. The van der Waals surface area contributed by atoms with Gasteiger partial charge in [0.25, 0.3) is 0 Å². The van der Waals surface area contributed by atoms with Gasteiger partial charge in [-0.05, 0) is 32.6 Å². The molecule has 0 amide bonds. The fourth-order valence-corrected chi connectivity index (χ4v) is 2.25. The molecule has 0 aromatic heterocycles. The summed E-state index contributed by atoms with van der Waals surface area (Å²) in [5.41, 5.74) is -0.522. The maximum Gasteiger partial charge on any atom is 0.319 e. The van der Waals surface area contributed by atoms with Crippen LogP contribution >= 0.6 is 0 Å². The Morgan fingerprint density at radius 1 is 1.13 bits per heavy atom. The van der Waals surface area contributed by atoms with Crippen LogP contribution in [0.15, 0.2) is 0 Å². The van der Waals surface area contributed by atoms with Crippen molar-refractivity contribution < 1.29 is 14.3 Å². The number of carbonyl (C=O) groups excluding carboxylic acids is 2. The van der Waals surface area contributed by atoms with Gasteiger partial charge in [0.2, 0.25) is 0 Å². The second kappa shape index (κ2) is 4.77. The summed E-state index contributed by atoms with van der Waals surface area (Å²) in [5, 5.41) is 0. The third kappa shape index (κ3) is 3.05. The van der Waals surface area contributed by atoms with E-state index in [1.807, 2.05) is 13.8 Å². The molecule has 86 valence electrons. The summed E-state index contributed by atoms with van der Waals surface area (Å²) in [6.45, 7) is 5.04. The lowest BCUT2D eigenvalue weighted by Gasteiger charge is -2.34. The predicted octanol–water partition coefficient (Wildman–Crippen LogP) is 2.68. The molecule has 3 nitrogen and oxygen atoms in total. The molecular formula is C12H20O3. The van der Waals surface area contributed by atoms with Crippen molar-refractivity contribution in [2.75, 3.05) is 0 Å². The number of hydrogen-bond donors (Lipinski definition) is 0. The van der Waals surface area contributed by atoms with Gasteiger partial charge in [-0.2, -0.15) is 0 Å². The first kappa shape index (κ1) is 12.2. The Balaban J connectivity index is 2.62. The molecular weight excluding hydrogens is 192 g/mol. The van der Waals surface area contributed by atoms with Crippen LogP contribution in [0.2, 0.25) is 0 Å². The van der Waals surface area contributed by atoms with E-state index < -0.39 is 11.4 Å². The number of carbonyl (C=O) groups is 2. The van der Waals surface area contributed by atoms with Gasteiger partial charge >= 0.3 is 11.9 Å². The minimum Gasteiger partial charge on any atom is -0.393 e. The molecule has 0 aromatic carbocycles. The molecule has 0 heterocycles. The number of rotatable bonds is 2. The van der Waals surface area contributed by atoms with Gasteiger partial charge in [-0.1, -0.05) is 19.3 Å². The molecule has 1 aliphatic carbocycles. The van der Waals surface area contributed by atoms with Crippen molar-refractivity contribution >= 4 is 11.9 Å². The SMILES string of the molecule is CC(=O)OC(=O)C(C)(C)C1CCCCC1. The van der Waals surface area contributed by atoms with E-state index in [9.17, 15) is 9.59 Å². The quantitative estimate of drug-likeness (QED) is 0.522. The van der Waals surface area contributed by atoms with E-state index in [1.54, 1.807) is 0 Å². The van der Waals surface area contributed by atoms with E-state index in [0.717, 1.165) is 12.8 Å². The molecule has 0 aliphatic heterocycles. The average molecular weight is 212 g/mol. The molecule has 1 aliphatic rings. The highest BCUT2D eigenvalue weighted by Crippen LogP contribution is 2.39. The van der Waals surface area contributed by atoms with Gasteiger partial charge in [0, 0.05) is 6.92 Å². The molecule has 1 rings (SSSR count). The van der Waals surface area contributed by atoms with Gasteiger partial charge in [0.1, 0.15) is 0 Å². The Morgan fingerprint density at radius 2 is 1.67 bits per heavy atom.